The van der Waals surface area contributed by atoms with E-state index in [0.29, 0.717) is 35.0 Å². The number of Topliss-reactive ketones (excluding diaryl/α,β-unsaturated/α-hetero) is 1. The molecule has 1 atom stereocenters. The summed E-state index contributed by atoms with van der Waals surface area (Å²) in [5, 5.41) is 11.6. The molecule has 4 aromatic carbocycles. The standard InChI is InChI=1S/C37H30N2O5/c1-25-20-29(17-18-32(25)43-24-26-10-4-2-5-11-26)35(40)33-34(39(37(42)36(33)41)23-27-12-9-19-38-22-27)28-13-8-16-31(21-28)44-30-14-6-3-7-15-30/h2-22,34,40H,23-24H2,1H3/b35-33-. The molecule has 1 aliphatic rings. The zero-order chi connectivity index (χ0) is 30.5. The Morgan fingerprint density at radius 2 is 1.55 bits per heavy atom. The van der Waals surface area contributed by atoms with Crippen molar-refractivity contribution in [2.75, 3.05) is 0 Å². The number of benzene rings is 4. The fourth-order valence-corrected chi connectivity index (χ4v) is 5.30. The van der Waals surface area contributed by atoms with E-state index >= 15 is 0 Å². The van der Waals surface area contributed by atoms with Crippen molar-refractivity contribution < 1.29 is 24.2 Å². The van der Waals surface area contributed by atoms with Gasteiger partial charge in [-0.1, -0.05) is 66.7 Å². The Labute approximate surface area is 255 Å². The van der Waals surface area contributed by atoms with Gasteiger partial charge < -0.3 is 19.5 Å². The Kier molecular flexibility index (Phi) is 8.19. The minimum absolute atomic E-state index is 0.00750. The fourth-order valence-electron chi connectivity index (χ4n) is 5.30. The number of carbonyl (C=O) groups excluding carboxylic acids is 2. The highest BCUT2D eigenvalue weighted by atomic mass is 16.5. The van der Waals surface area contributed by atoms with Gasteiger partial charge in [-0.2, -0.15) is 0 Å². The zero-order valence-corrected chi connectivity index (χ0v) is 24.1. The maximum absolute atomic E-state index is 13.6. The first-order chi connectivity index (χ1) is 21.5. The van der Waals surface area contributed by atoms with Crippen molar-refractivity contribution >= 4 is 17.4 Å². The van der Waals surface area contributed by atoms with Gasteiger partial charge in [-0.05, 0) is 77.7 Å². The molecular weight excluding hydrogens is 552 g/mol. The first-order valence-electron chi connectivity index (χ1n) is 14.3. The van der Waals surface area contributed by atoms with Crippen molar-refractivity contribution in [3.8, 4) is 17.2 Å². The number of hydrogen-bond donors (Lipinski definition) is 1. The Balaban J connectivity index is 1.38. The largest absolute Gasteiger partial charge is 0.507 e. The third-order valence-corrected chi connectivity index (χ3v) is 7.45. The van der Waals surface area contributed by atoms with Crippen LogP contribution in [0.2, 0.25) is 0 Å². The van der Waals surface area contributed by atoms with Gasteiger partial charge in [0.25, 0.3) is 11.7 Å². The number of ketones is 1. The van der Waals surface area contributed by atoms with E-state index in [1.165, 1.54) is 4.90 Å². The van der Waals surface area contributed by atoms with Crippen LogP contribution in [0.5, 0.6) is 17.2 Å². The topological polar surface area (TPSA) is 89.0 Å². The maximum atomic E-state index is 13.6. The lowest BCUT2D eigenvalue weighted by atomic mass is 9.94. The molecule has 0 radical (unpaired) electrons. The van der Waals surface area contributed by atoms with Crippen LogP contribution in [0.3, 0.4) is 0 Å². The van der Waals surface area contributed by atoms with E-state index < -0.39 is 17.7 Å². The Morgan fingerprint density at radius 1 is 0.818 bits per heavy atom. The molecule has 218 valence electrons. The summed E-state index contributed by atoms with van der Waals surface area (Å²) >= 11 is 0. The van der Waals surface area contributed by atoms with Crippen molar-refractivity contribution in [2.45, 2.75) is 26.1 Å². The molecule has 7 heteroatoms. The van der Waals surface area contributed by atoms with Gasteiger partial charge in [0.2, 0.25) is 0 Å². The molecule has 2 heterocycles. The number of likely N-dealkylation sites (tertiary alicyclic amines) is 1. The molecule has 7 nitrogen and oxygen atoms in total. The highest BCUT2D eigenvalue weighted by Crippen LogP contribution is 2.42. The van der Waals surface area contributed by atoms with Crippen molar-refractivity contribution in [2.24, 2.45) is 0 Å². The van der Waals surface area contributed by atoms with E-state index in [0.717, 1.165) is 16.7 Å². The summed E-state index contributed by atoms with van der Waals surface area (Å²) in [5.74, 6) is 0.136. The Bertz CT molecular complexity index is 1820. The van der Waals surface area contributed by atoms with E-state index in [9.17, 15) is 14.7 Å². The summed E-state index contributed by atoms with van der Waals surface area (Å²) < 4.78 is 12.1. The van der Waals surface area contributed by atoms with Crippen LogP contribution in [0.1, 0.15) is 33.9 Å². The quantitative estimate of drug-likeness (QED) is 0.111. The van der Waals surface area contributed by atoms with E-state index in [1.54, 1.807) is 54.9 Å². The van der Waals surface area contributed by atoms with Crippen LogP contribution in [0.4, 0.5) is 0 Å². The van der Waals surface area contributed by atoms with Crippen molar-refractivity contribution in [3.63, 3.8) is 0 Å². The van der Waals surface area contributed by atoms with Crippen LogP contribution >= 0.6 is 0 Å². The third kappa shape index (κ3) is 6.08. The van der Waals surface area contributed by atoms with Crippen LogP contribution in [0.25, 0.3) is 5.76 Å². The average molecular weight is 583 g/mol. The first kappa shape index (κ1) is 28.4. The predicted molar refractivity (Wildman–Crippen MR) is 167 cm³/mol. The molecule has 1 aliphatic heterocycles. The maximum Gasteiger partial charge on any atom is 0.295 e. The molecule has 0 bridgehead atoms. The van der Waals surface area contributed by atoms with Gasteiger partial charge in [0, 0.05) is 24.5 Å². The van der Waals surface area contributed by atoms with E-state index in [2.05, 4.69) is 4.98 Å². The highest BCUT2D eigenvalue weighted by molar-refractivity contribution is 6.46. The van der Waals surface area contributed by atoms with E-state index in [4.69, 9.17) is 9.47 Å². The summed E-state index contributed by atoms with van der Waals surface area (Å²) in [5.41, 5.74) is 3.62. The lowest BCUT2D eigenvalue weighted by molar-refractivity contribution is -0.140. The first-order valence-corrected chi connectivity index (χ1v) is 14.3. The number of rotatable bonds is 9. The summed E-state index contributed by atoms with van der Waals surface area (Å²) in [6.45, 7) is 2.41. The molecule has 1 unspecified atom stereocenters. The van der Waals surface area contributed by atoms with Gasteiger partial charge in [0.1, 0.15) is 29.6 Å². The van der Waals surface area contributed by atoms with Crippen LogP contribution in [-0.2, 0) is 22.7 Å². The Morgan fingerprint density at radius 3 is 2.27 bits per heavy atom. The molecule has 0 saturated carbocycles. The van der Waals surface area contributed by atoms with Crippen molar-refractivity contribution in [1.82, 2.24) is 9.88 Å². The number of amides is 1. The van der Waals surface area contributed by atoms with Gasteiger partial charge in [-0.15, -0.1) is 0 Å². The lowest BCUT2D eigenvalue weighted by Gasteiger charge is -2.25. The summed E-state index contributed by atoms with van der Waals surface area (Å²) in [6, 6.07) is 34.4. The van der Waals surface area contributed by atoms with Gasteiger partial charge in [-0.3, -0.25) is 14.6 Å². The van der Waals surface area contributed by atoms with Crippen molar-refractivity contribution in [3.05, 3.63) is 161 Å². The summed E-state index contributed by atoms with van der Waals surface area (Å²) in [4.78, 5) is 32.8. The van der Waals surface area contributed by atoms with Crippen LogP contribution in [-0.4, -0.2) is 26.7 Å². The molecule has 5 aromatic rings. The molecule has 1 fully saturated rings. The number of aliphatic hydroxyl groups excluding tert-OH is 1. The SMILES string of the molecule is Cc1cc(/C(O)=C2/C(=O)C(=O)N(Cc3cccnc3)C2c2cccc(Oc3ccccc3)c2)ccc1OCc1ccccc1. The zero-order valence-electron chi connectivity index (χ0n) is 24.1. The monoisotopic (exact) mass is 582 g/mol. The Hall–Kier alpha value is -5.69. The normalized spacial score (nSPS) is 15.8. The second-order valence-electron chi connectivity index (χ2n) is 10.5. The lowest BCUT2D eigenvalue weighted by Crippen LogP contribution is -2.29. The molecule has 0 aliphatic carbocycles. The average Bonchev–Trinajstić information content (AvgIpc) is 3.30. The number of ether oxygens (including phenoxy) is 2. The second kappa shape index (κ2) is 12.7. The number of aromatic nitrogens is 1. The molecular formula is C37H30N2O5. The van der Waals surface area contributed by atoms with E-state index in [-0.39, 0.29) is 17.9 Å². The van der Waals surface area contributed by atoms with Gasteiger partial charge >= 0.3 is 0 Å². The fraction of sp³-hybridized carbons (Fsp3) is 0.108. The predicted octanol–water partition coefficient (Wildman–Crippen LogP) is 7.38. The van der Waals surface area contributed by atoms with Crippen LogP contribution < -0.4 is 9.47 Å². The molecule has 1 amide bonds. The number of nitrogens with zero attached hydrogens (tertiary/aromatic N) is 2. The summed E-state index contributed by atoms with van der Waals surface area (Å²) in [6.07, 6.45) is 3.30. The number of para-hydroxylation sites is 1. The molecule has 44 heavy (non-hydrogen) atoms. The van der Waals surface area contributed by atoms with Crippen LogP contribution in [0, 0.1) is 6.92 Å². The highest BCUT2D eigenvalue weighted by Gasteiger charge is 2.46. The van der Waals surface area contributed by atoms with Crippen LogP contribution in [0.15, 0.2) is 133 Å². The number of aryl methyl sites for hydroxylation is 1. The number of pyridine rings is 1. The smallest absolute Gasteiger partial charge is 0.295 e. The molecule has 0 spiro atoms. The molecule has 1 saturated heterocycles. The number of hydrogen-bond acceptors (Lipinski definition) is 6. The molecule has 1 N–H and O–H groups in total. The molecule has 1 aromatic heterocycles. The summed E-state index contributed by atoms with van der Waals surface area (Å²) in [7, 11) is 0. The molecule has 6 rings (SSSR count). The van der Waals surface area contributed by atoms with Gasteiger partial charge in [-0.25, -0.2) is 0 Å². The number of aliphatic hydroxyl groups is 1. The van der Waals surface area contributed by atoms with E-state index in [1.807, 2.05) is 79.7 Å². The van der Waals surface area contributed by atoms with Gasteiger partial charge in [0.05, 0.1) is 11.6 Å². The van der Waals surface area contributed by atoms with Crippen molar-refractivity contribution in [1.29, 1.82) is 0 Å². The second-order valence-corrected chi connectivity index (χ2v) is 10.5. The number of carbonyl (C=O) groups is 2. The van der Waals surface area contributed by atoms with Gasteiger partial charge in [0.15, 0.2) is 0 Å². The third-order valence-electron chi connectivity index (χ3n) is 7.45. The minimum Gasteiger partial charge on any atom is -0.507 e. The minimum atomic E-state index is -0.858.